The van der Waals surface area contributed by atoms with Gasteiger partial charge in [0.25, 0.3) is 15.9 Å². The summed E-state index contributed by atoms with van der Waals surface area (Å²) >= 11 is 0. The number of imidazole rings is 1. The van der Waals surface area contributed by atoms with E-state index in [9.17, 15) is 18.3 Å². The predicted molar refractivity (Wildman–Crippen MR) is 306 cm³/mol. The maximum atomic E-state index is 14.7. The van der Waals surface area contributed by atoms with Crippen LogP contribution >= 0.6 is 0 Å². The van der Waals surface area contributed by atoms with Crippen LogP contribution in [0.15, 0.2) is 102 Å². The lowest BCUT2D eigenvalue weighted by atomic mass is 9.59. The van der Waals surface area contributed by atoms with Crippen LogP contribution in [0.25, 0.3) is 22.1 Å². The van der Waals surface area contributed by atoms with Crippen molar-refractivity contribution in [1.82, 2.24) is 34.5 Å². The molecule has 7 N–H and O–H groups in total. The largest absolute Gasteiger partial charge is 0.497 e. The van der Waals surface area contributed by atoms with E-state index < -0.39 is 21.5 Å². The molecule has 410 valence electrons. The molecule has 78 heavy (non-hydrogen) atoms. The number of fused-ring (bicyclic) bond motifs is 3. The maximum Gasteiger partial charge on any atom is 0.267 e. The van der Waals surface area contributed by atoms with E-state index in [1.165, 1.54) is 41.9 Å². The number of carbonyl (C=O) groups excluding carboxylic acids is 1. The standard InChI is InChI=1S/C60H73N11O6S/c1-38(2)45-7-5-6-8-46(45)51-36-68(35-40-9-12-44(76-4)13-10-40)25-26-70(51)43-32-60(33-43)20-23-69(24-21-60)42-11-14-47(49(30-42)71-27-28-77-58-50(71)29-41-17-22-62-56(41)66-58)57(72)67-78(74,75)52-31-48(61)53(55-54(52)64-37-65-55)63-34-39-15-18-59(3,73)19-16-39/h5-14,17,22,29-31,37-39,43,51,63,73H,15-16,18-21,23-28,32-36,61H2,1-4H3,(H,62,66)(H,64,65)(H,67,72)/t39-,51?,59-. The Morgan fingerprint density at radius 1 is 0.936 bits per heavy atom. The van der Waals surface area contributed by atoms with E-state index in [4.69, 9.17) is 20.2 Å². The maximum absolute atomic E-state index is 14.7. The Labute approximate surface area is 456 Å². The summed E-state index contributed by atoms with van der Waals surface area (Å²) in [4.78, 5) is 39.9. The van der Waals surface area contributed by atoms with E-state index >= 15 is 0 Å². The highest BCUT2D eigenvalue weighted by molar-refractivity contribution is 7.90. The Balaban J connectivity index is 0.777. The van der Waals surface area contributed by atoms with Gasteiger partial charge in [0.15, 0.2) is 0 Å². The van der Waals surface area contributed by atoms with Crippen LogP contribution in [-0.4, -0.2) is 120 Å². The third-order valence-electron chi connectivity index (χ3n) is 17.9. The molecule has 0 bridgehead atoms. The normalized spacial score (nSPS) is 22.1. The number of ether oxygens (including phenoxy) is 2. The number of carbonyl (C=O) groups is 1. The molecule has 7 aromatic rings. The monoisotopic (exact) mass is 1080 g/mol. The molecule has 3 aliphatic heterocycles. The predicted octanol–water partition coefficient (Wildman–Crippen LogP) is 9.46. The van der Waals surface area contributed by atoms with Crippen molar-refractivity contribution in [2.45, 2.75) is 107 Å². The van der Waals surface area contributed by atoms with Crippen molar-refractivity contribution >= 4 is 66.4 Å². The highest BCUT2D eigenvalue weighted by atomic mass is 32.2. The van der Waals surface area contributed by atoms with Crippen molar-refractivity contribution in [3.8, 4) is 11.6 Å². The van der Waals surface area contributed by atoms with Crippen molar-refractivity contribution in [2.24, 2.45) is 11.3 Å². The van der Waals surface area contributed by atoms with Gasteiger partial charge in [-0.05, 0) is 141 Å². The van der Waals surface area contributed by atoms with Gasteiger partial charge in [-0.25, -0.2) is 18.1 Å². The minimum absolute atomic E-state index is 0.165. The lowest BCUT2D eigenvalue weighted by Crippen LogP contribution is -2.60. The van der Waals surface area contributed by atoms with Crippen LogP contribution in [0.5, 0.6) is 11.6 Å². The second-order valence-electron chi connectivity index (χ2n) is 23.3. The Bertz CT molecular complexity index is 3440. The number of nitrogens with one attached hydrogen (secondary N) is 4. The molecule has 18 heteroatoms. The van der Waals surface area contributed by atoms with Crippen LogP contribution in [-0.2, 0) is 16.6 Å². The summed E-state index contributed by atoms with van der Waals surface area (Å²) in [5.41, 5.74) is 14.8. The number of methoxy groups -OCH3 is 1. The average Bonchev–Trinajstić information content (AvgIpc) is 4.24. The summed E-state index contributed by atoms with van der Waals surface area (Å²) in [6.07, 6.45) is 10.9. The third kappa shape index (κ3) is 10.1. The van der Waals surface area contributed by atoms with E-state index in [0.29, 0.717) is 90.6 Å². The van der Waals surface area contributed by atoms with Gasteiger partial charge in [0.05, 0.1) is 53.7 Å². The first-order chi connectivity index (χ1) is 37.6. The number of rotatable bonds is 14. The number of aromatic nitrogens is 4. The van der Waals surface area contributed by atoms with Crippen molar-refractivity contribution in [1.29, 1.82) is 0 Å². The van der Waals surface area contributed by atoms with Crippen molar-refractivity contribution in [3.63, 3.8) is 0 Å². The number of H-pyrrole nitrogens is 2. The van der Waals surface area contributed by atoms with Crippen molar-refractivity contribution in [2.75, 3.05) is 80.4 Å². The average molecular weight is 1080 g/mol. The number of piperidine rings is 1. The number of sulfonamides is 1. The molecular weight excluding hydrogens is 1000 g/mol. The summed E-state index contributed by atoms with van der Waals surface area (Å²) in [5.74, 6) is 1.26. The first-order valence-electron chi connectivity index (χ1n) is 27.9. The molecule has 12 rings (SSSR count). The van der Waals surface area contributed by atoms with Crippen LogP contribution in [0, 0.1) is 11.3 Å². The zero-order chi connectivity index (χ0) is 53.9. The molecule has 4 aromatic carbocycles. The second-order valence-corrected chi connectivity index (χ2v) is 25.0. The minimum atomic E-state index is -4.51. The Morgan fingerprint density at radius 2 is 1.72 bits per heavy atom. The number of hydrogen-bond donors (Lipinski definition) is 6. The Kier molecular flexibility index (Phi) is 13.8. The smallest absolute Gasteiger partial charge is 0.267 e. The number of amides is 1. The number of piperazine rings is 1. The third-order valence-corrected chi connectivity index (χ3v) is 19.2. The van der Waals surface area contributed by atoms with Crippen LogP contribution in [0.2, 0.25) is 0 Å². The van der Waals surface area contributed by atoms with Gasteiger partial charge in [-0.2, -0.15) is 4.98 Å². The fraction of sp³-hybridized carbons (Fsp3) is 0.450. The van der Waals surface area contributed by atoms with E-state index in [1.54, 1.807) is 13.2 Å². The molecule has 1 amide bonds. The summed E-state index contributed by atoms with van der Waals surface area (Å²) in [6, 6.07) is 29.4. The number of anilines is 5. The van der Waals surface area contributed by atoms with Crippen LogP contribution in [0.3, 0.4) is 0 Å². The number of nitrogen functional groups attached to an aromatic ring is 1. The zero-order valence-electron chi connectivity index (χ0n) is 45.2. The summed E-state index contributed by atoms with van der Waals surface area (Å²) in [6.45, 7) is 13.5. The van der Waals surface area contributed by atoms with Gasteiger partial charge < -0.3 is 45.4 Å². The highest BCUT2D eigenvalue weighted by Gasteiger charge is 2.50. The second kappa shape index (κ2) is 20.7. The van der Waals surface area contributed by atoms with Gasteiger partial charge in [-0.15, -0.1) is 0 Å². The molecule has 2 saturated carbocycles. The van der Waals surface area contributed by atoms with Crippen LogP contribution in [0.1, 0.15) is 111 Å². The van der Waals surface area contributed by atoms with Crippen molar-refractivity contribution in [3.05, 3.63) is 120 Å². The van der Waals surface area contributed by atoms with Crippen LogP contribution in [0.4, 0.5) is 28.4 Å². The summed E-state index contributed by atoms with van der Waals surface area (Å²) < 4.78 is 42.9. The number of pyridine rings is 1. The lowest BCUT2D eigenvalue weighted by Gasteiger charge is -2.58. The molecule has 0 radical (unpaired) electrons. The van der Waals surface area contributed by atoms with Gasteiger partial charge in [0, 0.05) is 75.2 Å². The van der Waals surface area contributed by atoms with Crippen LogP contribution < -0.4 is 35.0 Å². The molecule has 5 aliphatic rings. The van der Waals surface area contributed by atoms with Gasteiger partial charge in [0.1, 0.15) is 34.1 Å². The van der Waals surface area contributed by atoms with Crippen molar-refractivity contribution < 1.29 is 27.8 Å². The summed E-state index contributed by atoms with van der Waals surface area (Å²) in [5, 5.41) is 14.8. The van der Waals surface area contributed by atoms with E-state index in [0.717, 1.165) is 81.8 Å². The molecule has 2 saturated heterocycles. The fourth-order valence-corrected chi connectivity index (χ4v) is 14.5. The molecule has 1 unspecified atom stereocenters. The first-order valence-corrected chi connectivity index (χ1v) is 29.4. The summed E-state index contributed by atoms with van der Waals surface area (Å²) in [7, 11) is -2.80. The first kappa shape index (κ1) is 51.9. The molecular formula is C60H73N11O6S. The molecule has 17 nitrogen and oxygen atoms in total. The van der Waals surface area contributed by atoms with E-state index in [2.05, 4.69) is 102 Å². The lowest BCUT2D eigenvalue weighted by molar-refractivity contribution is -0.0628. The minimum Gasteiger partial charge on any atom is -0.497 e. The number of benzene rings is 4. The van der Waals surface area contributed by atoms with Gasteiger partial charge in [-0.3, -0.25) is 14.6 Å². The quantitative estimate of drug-likeness (QED) is 0.0561. The Hall–Kier alpha value is -6.86. The molecule has 1 spiro atoms. The molecule has 1 atom stereocenters. The number of hydrogen-bond acceptors (Lipinski definition) is 14. The Morgan fingerprint density at radius 3 is 2.49 bits per heavy atom. The molecule has 3 aromatic heterocycles. The van der Waals surface area contributed by atoms with E-state index in [1.807, 2.05) is 42.3 Å². The van der Waals surface area contributed by atoms with Gasteiger partial charge >= 0.3 is 0 Å². The molecule has 2 aliphatic carbocycles. The SMILES string of the molecule is COc1ccc(CN2CCN(C3CC4(CCN(c5ccc(C(=O)NS(=O)(=O)c6cc(N)c(NC[C@H]7CC[C@](C)(O)CC7)c7[nH]cnc67)c(N6CCOc7nc8[nH]ccc8cc76)c5)CC4)C3)C(c3ccccc3C(C)C)C2)cc1. The molecule has 4 fully saturated rings. The van der Waals surface area contributed by atoms with Gasteiger partial charge in [0.2, 0.25) is 5.88 Å². The number of aromatic amines is 2. The number of nitrogens with two attached hydrogens (primary N) is 1. The number of aliphatic hydroxyl groups is 1. The van der Waals surface area contributed by atoms with Gasteiger partial charge in [-0.1, -0.05) is 50.2 Å². The fourth-order valence-electron chi connectivity index (χ4n) is 13.3. The zero-order valence-corrected chi connectivity index (χ0v) is 46.0. The number of nitrogens with zero attached hydrogens (tertiary/aromatic N) is 6. The topological polar surface area (TPSA) is 210 Å². The highest BCUT2D eigenvalue weighted by Crippen LogP contribution is 2.54. The van der Waals surface area contributed by atoms with E-state index in [-0.39, 0.29) is 27.1 Å². The molecule has 6 heterocycles.